The van der Waals surface area contributed by atoms with Crippen LogP contribution in [0.2, 0.25) is 0 Å². The first-order valence-corrected chi connectivity index (χ1v) is 11.4. The van der Waals surface area contributed by atoms with E-state index in [0.717, 1.165) is 5.69 Å². The second kappa shape index (κ2) is 8.41. The molecule has 1 fully saturated rings. The zero-order chi connectivity index (χ0) is 21.2. The fourth-order valence-corrected chi connectivity index (χ4v) is 5.45. The van der Waals surface area contributed by atoms with Gasteiger partial charge in [0.2, 0.25) is 5.78 Å². The molecule has 3 rings (SSSR count). The number of nitrogens with zero attached hydrogens (tertiary/aromatic N) is 1. The van der Waals surface area contributed by atoms with Gasteiger partial charge in [-0.1, -0.05) is 0 Å². The Balaban J connectivity index is 1.66. The summed E-state index contributed by atoms with van der Waals surface area (Å²) in [6.07, 6.45) is 0.541. The number of Topliss-reactive ketones (excluding diaryl/α,β-unsaturated/α-hetero) is 1. The maximum atomic E-state index is 12.6. The molecule has 2 aromatic rings. The van der Waals surface area contributed by atoms with Crippen molar-refractivity contribution in [3.63, 3.8) is 0 Å². The van der Waals surface area contributed by atoms with E-state index >= 15 is 0 Å². The summed E-state index contributed by atoms with van der Waals surface area (Å²) in [5.74, 6) is 0.00426. The number of benzene rings is 1. The highest BCUT2D eigenvalue weighted by Gasteiger charge is 2.31. The van der Waals surface area contributed by atoms with Crippen LogP contribution in [0.25, 0.3) is 0 Å². The predicted octanol–water partition coefficient (Wildman–Crippen LogP) is 2.90. The van der Waals surface area contributed by atoms with E-state index in [1.807, 2.05) is 18.4 Å². The monoisotopic (exact) mass is 419 g/mol. The van der Waals surface area contributed by atoms with Crippen LogP contribution in [0.15, 0.2) is 30.3 Å². The van der Waals surface area contributed by atoms with E-state index in [9.17, 15) is 18.0 Å². The summed E-state index contributed by atoms with van der Waals surface area (Å²) in [5, 5.41) is 0. The van der Waals surface area contributed by atoms with Crippen molar-refractivity contribution in [3.8, 4) is 5.75 Å². The Morgan fingerprint density at radius 2 is 1.86 bits per heavy atom. The Hall–Kier alpha value is -2.61. The first-order chi connectivity index (χ1) is 13.7. The molecule has 0 bridgehead atoms. The molecule has 1 saturated heterocycles. The predicted molar refractivity (Wildman–Crippen MR) is 108 cm³/mol. The minimum Gasteiger partial charge on any atom is -0.494 e. The van der Waals surface area contributed by atoms with Gasteiger partial charge in [0.05, 0.1) is 23.7 Å². The van der Waals surface area contributed by atoms with E-state index in [2.05, 4.69) is 0 Å². The van der Waals surface area contributed by atoms with E-state index in [4.69, 9.17) is 9.47 Å². The Labute approximate surface area is 170 Å². The first-order valence-electron chi connectivity index (χ1n) is 9.54. The van der Waals surface area contributed by atoms with Gasteiger partial charge in [-0.15, -0.1) is 0 Å². The van der Waals surface area contributed by atoms with Crippen LogP contribution >= 0.6 is 0 Å². The number of esters is 1. The molecule has 0 spiro atoms. The van der Waals surface area contributed by atoms with Gasteiger partial charge >= 0.3 is 5.97 Å². The Morgan fingerprint density at radius 1 is 1.17 bits per heavy atom. The lowest BCUT2D eigenvalue weighted by atomic mass is 10.1. The summed E-state index contributed by atoms with van der Waals surface area (Å²) in [4.78, 5) is 24.8. The number of sulfone groups is 1. The highest BCUT2D eigenvalue weighted by atomic mass is 32.2. The Bertz CT molecular complexity index is 1020. The summed E-state index contributed by atoms with van der Waals surface area (Å²) in [6, 6.07) is 8.09. The molecule has 156 valence electrons. The molecule has 0 aliphatic carbocycles. The summed E-state index contributed by atoms with van der Waals surface area (Å²) in [7, 11) is -3.03. The number of aromatic nitrogens is 1. The third-order valence-corrected chi connectivity index (χ3v) is 6.84. The number of carbonyl (C=O) groups is 2. The number of rotatable bonds is 7. The van der Waals surface area contributed by atoms with Gasteiger partial charge in [-0.05, 0) is 57.5 Å². The summed E-state index contributed by atoms with van der Waals surface area (Å²) in [5.41, 5.74) is 2.31. The zero-order valence-electron chi connectivity index (χ0n) is 16.8. The minimum absolute atomic E-state index is 0.0870. The molecule has 0 N–H and O–H groups in total. The number of carbonyl (C=O) groups excluding carboxylic acids is 2. The van der Waals surface area contributed by atoms with Gasteiger partial charge in [-0.2, -0.15) is 0 Å². The van der Waals surface area contributed by atoms with E-state index < -0.39 is 15.8 Å². The molecule has 1 aliphatic heterocycles. The zero-order valence-corrected chi connectivity index (χ0v) is 17.6. The van der Waals surface area contributed by atoms with Crippen molar-refractivity contribution < 1.29 is 27.5 Å². The molecule has 8 heteroatoms. The number of hydrogen-bond donors (Lipinski definition) is 0. The van der Waals surface area contributed by atoms with Crippen molar-refractivity contribution >= 4 is 21.6 Å². The van der Waals surface area contributed by atoms with Gasteiger partial charge < -0.3 is 14.0 Å². The lowest BCUT2D eigenvalue weighted by Gasteiger charge is -2.16. The second-order valence-electron chi connectivity index (χ2n) is 7.17. The fraction of sp³-hybridized carbons (Fsp3) is 0.429. The SMILES string of the molecule is CCOc1ccc(C(=O)OCC(=O)c2cc(C)n([C@H]3CCS(=O)(=O)C3)c2C)cc1. The molecule has 0 amide bonds. The van der Waals surface area contributed by atoms with Crippen LogP contribution in [0.5, 0.6) is 5.75 Å². The summed E-state index contributed by atoms with van der Waals surface area (Å²) >= 11 is 0. The normalized spacial score (nSPS) is 17.8. The van der Waals surface area contributed by atoms with E-state index in [1.54, 1.807) is 37.3 Å². The third kappa shape index (κ3) is 4.70. The number of ether oxygens (including phenoxy) is 2. The molecule has 1 aromatic carbocycles. The van der Waals surface area contributed by atoms with Gasteiger partial charge in [-0.25, -0.2) is 13.2 Å². The van der Waals surface area contributed by atoms with Crippen LogP contribution in [-0.2, 0) is 14.6 Å². The van der Waals surface area contributed by atoms with Gasteiger partial charge in [0, 0.05) is 23.0 Å². The topological polar surface area (TPSA) is 91.7 Å². The van der Waals surface area contributed by atoms with Crippen LogP contribution in [0.1, 0.15) is 51.5 Å². The molecule has 1 aliphatic rings. The number of ketones is 1. The molecule has 29 heavy (non-hydrogen) atoms. The van der Waals surface area contributed by atoms with Crippen molar-refractivity contribution in [1.82, 2.24) is 4.57 Å². The highest BCUT2D eigenvalue weighted by molar-refractivity contribution is 7.91. The van der Waals surface area contributed by atoms with E-state index in [1.165, 1.54) is 0 Å². The van der Waals surface area contributed by atoms with Crippen LogP contribution in [-0.4, -0.2) is 49.5 Å². The smallest absolute Gasteiger partial charge is 0.338 e. The fourth-order valence-electron chi connectivity index (χ4n) is 3.75. The molecule has 7 nitrogen and oxygen atoms in total. The van der Waals surface area contributed by atoms with Gasteiger partial charge in [0.15, 0.2) is 16.4 Å². The number of hydrogen-bond acceptors (Lipinski definition) is 6. The van der Waals surface area contributed by atoms with Gasteiger partial charge in [0.25, 0.3) is 0 Å². The van der Waals surface area contributed by atoms with Crippen molar-refractivity contribution in [1.29, 1.82) is 0 Å². The van der Waals surface area contributed by atoms with Crippen LogP contribution in [0.3, 0.4) is 0 Å². The standard InChI is InChI=1S/C21H25NO6S/c1-4-27-18-7-5-16(6-8-18)21(24)28-12-20(23)19-11-14(2)22(15(19)3)17-9-10-29(25,26)13-17/h5-8,11,17H,4,9-10,12-13H2,1-3H3/t17-/m0/s1. The molecule has 1 atom stereocenters. The average molecular weight is 419 g/mol. The molecule has 0 unspecified atom stereocenters. The minimum atomic E-state index is -3.03. The first kappa shape index (κ1) is 21.1. The second-order valence-corrected chi connectivity index (χ2v) is 9.40. The van der Waals surface area contributed by atoms with Gasteiger partial charge in [0.1, 0.15) is 5.75 Å². The van der Waals surface area contributed by atoms with Crippen molar-refractivity contribution in [2.75, 3.05) is 24.7 Å². The molecule has 0 radical (unpaired) electrons. The van der Waals surface area contributed by atoms with Crippen molar-refractivity contribution in [2.24, 2.45) is 0 Å². The maximum Gasteiger partial charge on any atom is 0.338 e. The summed E-state index contributed by atoms with van der Waals surface area (Å²) < 4.78 is 36.0. The molecule has 2 heterocycles. The van der Waals surface area contributed by atoms with Crippen LogP contribution < -0.4 is 4.74 Å². The average Bonchev–Trinajstić information content (AvgIpc) is 3.18. The van der Waals surface area contributed by atoms with E-state index in [-0.39, 0.29) is 29.9 Å². The number of aryl methyl sites for hydroxylation is 1. The largest absolute Gasteiger partial charge is 0.494 e. The quantitative estimate of drug-likeness (QED) is 0.506. The molecular formula is C21H25NO6S. The maximum absolute atomic E-state index is 12.6. The molecule has 1 aromatic heterocycles. The third-order valence-electron chi connectivity index (χ3n) is 5.09. The van der Waals surface area contributed by atoms with Crippen LogP contribution in [0, 0.1) is 13.8 Å². The van der Waals surface area contributed by atoms with Gasteiger partial charge in [-0.3, -0.25) is 4.79 Å². The molecular weight excluding hydrogens is 394 g/mol. The van der Waals surface area contributed by atoms with Crippen molar-refractivity contribution in [2.45, 2.75) is 33.2 Å². The summed E-state index contributed by atoms with van der Waals surface area (Å²) in [6.45, 7) is 5.67. The van der Waals surface area contributed by atoms with Crippen molar-refractivity contribution in [3.05, 3.63) is 52.8 Å². The van der Waals surface area contributed by atoms with Crippen LogP contribution in [0.4, 0.5) is 0 Å². The lowest BCUT2D eigenvalue weighted by molar-refractivity contribution is 0.0474. The van der Waals surface area contributed by atoms with E-state index in [0.29, 0.717) is 35.6 Å². The molecule has 0 saturated carbocycles. The highest BCUT2D eigenvalue weighted by Crippen LogP contribution is 2.29. The lowest BCUT2D eigenvalue weighted by Crippen LogP contribution is -2.17. The Kier molecular flexibility index (Phi) is 6.12. The Morgan fingerprint density at radius 3 is 2.45 bits per heavy atom.